The lowest BCUT2D eigenvalue weighted by atomic mass is 9.90. The zero-order valence-electron chi connectivity index (χ0n) is 23.3. The van der Waals surface area contributed by atoms with Crippen molar-refractivity contribution >= 4 is 17.7 Å². The van der Waals surface area contributed by atoms with Gasteiger partial charge >= 0.3 is 6.09 Å². The van der Waals surface area contributed by atoms with Crippen LogP contribution in [-0.2, 0) is 20.8 Å². The van der Waals surface area contributed by atoms with Crippen molar-refractivity contribution in [3.63, 3.8) is 0 Å². The smallest absolute Gasteiger partial charge is 0.411 e. The maximum Gasteiger partial charge on any atom is 0.411 e. The van der Waals surface area contributed by atoms with Gasteiger partial charge in [0.1, 0.15) is 6.61 Å². The first-order chi connectivity index (χ1) is 20.0. The lowest BCUT2D eigenvalue weighted by Gasteiger charge is -2.44. The molecule has 1 amide bonds. The summed E-state index contributed by atoms with van der Waals surface area (Å²) in [5.41, 5.74) is 3.26. The Morgan fingerprint density at radius 3 is 2.54 bits per heavy atom. The van der Waals surface area contributed by atoms with Crippen LogP contribution in [0.25, 0.3) is 0 Å². The van der Waals surface area contributed by atoms with Crippen LogP contribution in [0.2, 0.25) is 0 Å². The minimum atomic E-state index is -0.635. The van der Waals surface area contributed by atoms with E-state index in [0.717, 1.165) is 55.4 Å². The molecule has 10 heteroatoms. The first-order valence-corrected chi connectivity index (χ1v) is 13.9. The van der Waals surface area contributed by atoms with E-state index in [1.54, 1.807) is 18.5 Å². The summed E-state index contributed by atoms with van der Waals surface area (Å²) in [4.78, 5) is 25.5. The van der Waals surface area contributed by atoms with Crippen molar-refractivity contribution in [3.05, 3.63) is 96.3 Å². The zero-order valence-corrected chi connectivity index (χ0v) is 23.3. The monoisotopic (exact) mass is 559 g/mol. The van der Waals surface area contributed by atoms with Crippen molar-refractivity contribution in [3.8, 4) is 0 Å². The Morgan fingerprint density at radius 2 is 1.83 bits per heavy atom. The number of rotatable bonds is 9. The molecule has 2 N–H and O–H groups in total. The second kappa shape index (κ2) is 13.7. The first kappa shape index (κ1) is 28.7. The minimum Gasteiger partial charge on any atom is -0.445 e. The number of hydrogen-bond acceptors (Lipinski definition) is 9. The number of benzene rings is 2. The van der Waals surface area contributed by atoms with Gasteiger partial charge in [0.25, 0.3) is 0 Å². The minimum absolute atomic E-state index is 0.00918. The summed E-state index contributed by atoms with van der Waals surface area (Å²) in [5, 5.41) is 12.3. The highest BCUT2D eigenvalue weighted by Crippen LogP contribution is 2.42. The second-order valence-electron chi connectivity index (χ2n) is 10.3. The average molecular weight is 560 g/mol. The molecule has 2 fully saturated rings. The molecule has 0 spiro atoms. The number of hydrogen-bond donors (Lipinski definition) is 2. The van der Waals surface area contributed by atoms with Crippen LogP contribution in [0, 0.1) is 5.92 Å². The maximum atomic E-state index is 12.1. The van der Waals surface area contributed by atoms with Gasteiger partial charge in [-0.2, -0.15) is 0 Å². The molecule has 3 heterocycles. The molecule has 4 atom stereocenters. The van der Waals surface area contributed by atoms with Crippen molar-refractivity contribution in [1.29, 1.82) is 0 Å². The molecular formula is C31H37N5O5. The number of aromatic nitrogens is 2. The molecule has 0 saturated carbocycles. The molecule has 5 rings (SSSR count). The highest BCUT2D eigenvalue weighted by Gasteiger charge is 2.39. The quantitative estimate of drug-likeness (QED) is 0.371. The van der Waals surface area contributed by atoms with Gasteiger partial charge in [-0.25, -0.2) is 14.8 Å². The molecule has 1 aromatic heterocycles. The van der Waals surface area contributed by atoms with Crippen molar-refractivity contribution in [2.24, 2.45) is 5.92 Å². The maximum absolute atomic E-state index is 12.1. The van der Waals surface area contributed by atoms with Crippen LogP contribution >= 0.6 is 0 Å². The first-order valence-electron chi connectivity index (χ1n) is 13.9. The summed E-state index contributed by atoms with van der Waals surface area (Å²) in [6, 6.07) is 17.1. The fourth-order valence-electron chi connectivity index (χ4n) is 5.22. The molecule has 0 aliphatic carbocycles. The van der Waals surface area contributed by atoms with Crippen molar-refractivity contribution in [1.82, 2.24) is 14.9 Å². The highest BCUT2D eigenvalue weighted by molar-refractivity contribution is 5.84. The van der Waals surface area contributed by atoms with Crippen LogP contribution in [0.4, 0.5) is 16.4 Å². The fourth-order valence-corrected chi connectivity index (χ4v) is 5.22. The number of aliphatic hydroxyl groups is 1. The summed E-state index contributed by atoms with van der Waals surface area (Å²) in [7, 11) is 0. The number of anilines is 2. The third-order valence-electron chi connectivity index (χ3n) is 7.51. The molecule has 2 saturated heterocycles. The standard InChI is InChI=1S/C31H37N5O5/c1-3-18-39-31(38)34-26-7-4-6-25(19-26)29-40-27(22(2)28(41-29)24-10-8-23(21-37)9-11-24)20-35-14-16-36(17-15-35)30-32-12-5-13-33-30/h3-13,19,22,27-29,37H,1,14-18,20-21H2,2H3,(H,34,38). The largest absolute Gasteiger partial charge is 0.445 e. The van der Waals surface area contributed by atoms with Gasteiger partial charge in [-0.15, -0.1) is 0 Å². The summed E-state index contributed by atoms with van der Waals surface area (Å²) in [6.07, 6.45) is 3.54. The molecular weight excluding hydrogens is 522 g/mol. The van der Waals surface area contributed by atoms with E-state index < -0.39 is 12.4 Å². The Morgan fingerprint density at radius 1 is 1.07 bits per heavy atom. The van der Waals surface area contributed by atoms with Crippen LogP contribution in [0.1, 0.15) is 36.0 Å². The van der Waals surface area contributed by atoms with E-state index in [2.05, 4.69) is 38.6 Å². The van der Waals surface area contributed by atoms with E-state index in [9.17, 15) is 9.90 Å². The third kappa shape index (κ3) is 7.28. The van der Waals surface area contributed by atoms with E-state index in [4.69, 9.17) is 14.2 Å². The van der Waals surface area contributed by atoms with E-state index in [1.807, 2.05) is 48.5 Å². The van der Waals surface area contributed by atoms with Crippen LogP contribution in [-0.4, -0.2) is 71.5 Å². The Hall–Kier alpha value is -3.83. The molecule has 3 aromatic rings. The molecule has 0 radical (unpaired) electrons. The Labute approximate surface area is 240 Å². The number of amides is 1. The Kier molecular flexibility index (Phi) is 9.58. The predicted octanol–water partition coefficient (Wildman–Crippen LogP) is 4.32. The molecule has 2 aromatic carbocycles. The van der Waals surface area contributed by atoms with Crippen LogP contribution < -0.4 is 10.2 Å². The van der Waals surface area contributed by atoms with Gasteiger partial charge in [-0.05, 0) is 29.3 Å². The number of piperazine rings is 1. The van der Waals surface area contributed by atoms with Crippen molar-refractivity contribution in [2.75, 3.05) is 49.5 Å². The molecule has 0 bridgehead atoms. The Bertz CT molecular complexity index is 1280. The number of aliphatic hydroxyl groups excluding tert-OH is 1. The molecule has 10 nitrogen and oxygen atoms in total. The van der Waals surface area contributed by atoms with Gasteiger partial charge in [0, 0.05) is 62.3 Å². The number of carbonyl (C=O) groups is 1. The summed E-state index contributed by atoms with van der Waals surface area (Å²) < 4.78 is 18.3. The lowest BCUT2D eigenvalue weighted by Crippen LogP contribution is -2.51. The predicted molar refractivity (Wildman–Crippen MR) is 155 cm³/mol. The van der Waals surface area contributed by atoms with E-state index in [0.29, 0.717) is 5.69 Å². The van der Waals surface area contributed by atoms with E-state index in [-0.39, 0.29) is 31.3 Å². The molecule has 4 unspecified atom stereocenters. The normalized spacial score (nSPS) is 23.1. The zero-order chi connectivity index (χ0) is 28.6. The molecule has 2 aliphatic rings. The van der Waals surface area contributed by atoms with Gasteiger partial charge in [0.05, 0.1) is 18.8 Å². The average Bonchev–Trinajstić information content (AvgIpc) is 3.02. The molecule has 216 valence electrons. The second-order valence-corrected chi connectivity index (χ2v) is 10.3. The lowest BCUT2D eigenvalue weighted by molar-refractivity contribution is -0.276. The fraction of sp³-hybridized carbons (Fsp3) is 0.387. The van der Waals surface area contributed by atoms with Gasteiger partial charge in [0.2, 0.25) is 5.95 Å². The molecule has 41 heavy (non-hydrogen) atoms. The van der Waals surface area contributed by atoms with E-state index in [1.165, 1.54) is 6.08 Å². The number of carbonyl (C=O) groups excluding carboxylic acids is 1. The summed E-state index contributed by atoms with van der Waals surface area (Å²) >= 11 is 0. The Balaban J connectivity index is 1.32. The number of ether oxygens (including phenoxy) is 3. The van der Waals surface area contributed by atoms with Crippen LogP contribution in [0.15, 0.2) is 79.6 Å². The number of nitrogens with zero attached hydrogens (tertiary/aromatic N) is 4. The topological polar surface area (TPSA) is 109 Å². The van der Waals surface area contributed by atoms with E-state index >= 15 is 0 Å². The van der Waals surface area contributed by atoms with Crippen LogP contribution in [0.5, 0.6) is 0 Å². The van der Waals surface area contributed by atoms with Crippen molar-refractivity contribution < 1.29 is 24.1 Å². The van der Waals surface area contributed by atoms with Gasteiger partial charge in [0.15, 0.2) is 6.29 Å². The van der Waals surface area contributed by atoms with Gasteiger partial charge < -0.3 is 24.2 Å². The summed E-state index contributed by atoms with van der Waals surface area (Å²) in [5.74, 6) is 0.827. The summed E-state index contributed by atoms with van der Waals surface area (Å²) in [6.45, 7) is 10.0. The van der Waals surface area contributed by atoms with Gasteiger partial charge in [-0.1, -0.05) is 56.0 Å². The SMILES string of the molecule is C=CCOC(=O)Nc1cccc(C2OC(CN3CCN(c4ncccn4)CC3)C(C)C(c3ccc(CO)cc3)O2)c1. The highest BCUT2D eigenvalue weighted by atomic mass is 16.7. The molecule has 2 aliphatic heterocycles. The van der Waals surface area contributed by atoms with Crippen LogP contribution in [0.3, 0.4) is 0 Å². The number of nitrogens with one attached hydrogen (secondary N) is 1. The third-order valence-corrected chi connectivity index (χ3v) is 7.51. The van der Waals surface area contributed by atoms with Gasteiger partial charge in [-0.3, -0.25) is 10.2 Å². The van der Waals surface area contributed by atoms with Crippen molar-refractivity contribution in [2.45, 2.75) is 32.0 Å².